The van der Waals surface area contributed by atoms with E-state index in [0.717, 1.165) is 31.9 Å². The topological polar surface area (TPSA) is 6.48 Å². The lowest BCUT2D eigenvalue weighted by molar-refractivity contribution is 0.101. The Bertz CT molecular complexity index is 377. The van der Waals surface area contributed by atoms with Crippen LogP contribution in [0.25, 0.3) is 0 Å². The quantitative estimate of drug-likeness (QED) is 0.658. The minimum absolute atomic E-state index is 0.509. The fourth-order valence-corrected chi connectivity index (χ4v) is 2.60. The molecule has 0 spiro atoms. The van der Waals surface area contributed by atoms with Gasteiger partial charge in [-0.15, -0.1) is 0 Å². The highest BCUT2D eigenvalue weighted by Gasteiger charge is 2.25. The van der Waals surface area contributed by atoms with E-state index in [2.05, 4.69) is 72.0 Å². The molecule has 98 valence electrons. The number of benzene rings is 1. The smallest absolute Gasteiger partial charge is 0.0478 e. The number of hydrogen-bond acceptors (Lipinski definition) is 3. The van der Waals surface area contributed by atoms with E-state index in [9.17, 15) is 0 Å². The Morgan fingerprint density at radius 3 is 2.72 bits per heavy atom. The van der Waals surface area contributed by atoms with E-state index in [4.69, 9.17) is 0 Å². The lowest BCUT2D eigenvalue weighted by atomic mass is 10.0. The second kappa shape index (κ2) is 6.98. The predicted octanol–water partition coefficient (Wildman–Crippen LogP) is 2.46. The highest BCUT2D eigenvalue weighted by Crippen LogP contribution is 2.24. The molecule has 1 atom stereocenters. The molecule has 2 rings (SSSR count). The molecule has 1 fully saturated rings. The van der Waals surface area contributed by atoms with Crippen molar-refractivity contribution in [2.24, 2.45) is 0 Å². The first-order chi connectivity index (χ1) is 8.81. The summed E-state index contributed by atoms with van der Waals surface area (Å²) in [5.41, 5.74) is 1.42. The number of thiol groups is 1. The Labute approximate surface area is 116 Å². The van der Waals surface area contributed by atoms with E-state index in [1.54, 1.807) is 0 Å². The second-order valence-electron chi connectivity index (χ2n) is 4.84. The van der Waals surface area contributed by atoms with Gasteiger partial charge in [-0.3, -0.25) is 4.90 Å². The summed E-state index contributed by atoms with van der Waals surface area (Å²) in [6, 6.07) is 11.3. The van der Waals surface area contributed by atoms with Crippen LogP contribution in [0.15, 0.2) is 42.5 Å². The summed E-state index contributed by atoms with van der Waals surface area (Å²) in [5, 5.41) is 0. The second-order valence-corrected chi connectivity index (χ2v) is 5.20. The average molecular weight is 262 g/mol. The molecule has 3 heteroatoms. The van der Waals surface area contributed by atoms with Crippen molar-refractivity contribution >= 4 is 12.6 Å². The summed E-state index contributed by atoms with van der Waals surface area (Å²) in [7, 11) is 2.21. The van der Waals surface area contributed by atoms with Gasteiger partial charge in [0, 0.05) is 38.0 Å². The van der Waals surface area contributed by atoms with Gasteiger partial charge in [0.05, 0.1) is 0 Å². The zero-order valence-corrected chi connectivity index (χ0v) is 11.9. The van der Waals surface area contributed by atoms with Crippen molar-refractivity contribution in [1.29, 1.82) is 0 Å². The highest BCUT2D eigenvalue weighted by molar-refractivity contribution is 7.80. The van der Waals surface area contributed by atoms with Gasteiger partial charge in [-0.1, -0.05) is 42.5 Å². The third-order valence-corrected chi connectivity index (χ3v) is 3.70. The van der Waals surface area contributed by atoms with Crippen LogP contribution in [0.5, 0.6) is 0 Å². The van der Waals surface area contributed by atoms with Crippen LogP contribution < -0.4 is 0 Å². The first-order valence-electron chi connectivity index (χ1n) is 6.54. The van der Waals surface area contributed by atoms with Gasteiger partial charge in [-0.25, -0.2) is 0 Å². The molecule has 1 aliphatic heterocycles. The Balaban J connectivity index is 2.09. The number of nitrogens with zero attached hydrogens (tertiary/aromatic N) is 2. The van der Waals surface area contributed by atoms with Gasteiger partial charge < -0.3 is 4.90 Å². The maximum absolute atomic E-state index is 4.21. The molecule has 0 aliphatic carbocycles. The first-order valence-corrected chi connectivity index (χ1v) is 7.18. The van der Waals surface area contributed by atoms with Crippen molar-refractivity contribution in [2.75, 3.05) is 39.0 Å². The lowest BCUT2D eigenvalue weighted by Gasteiger charge is -2.39. The summed E-state index contributed by atoms with van der Waals surface area (Å²) in [4.78, 5) is 4.96. The molecule has 0 radical (unpaired) electrons. The summed E-state index contributed by atoms with van der Waals surface area (Å²) < 4.78 is 0. The van der Waals surface area contributed by atoms with Crippen molar-refractivity contribution in [3.8, 4) is 0 Å². The molecule has 0 saturated carbocycles. The Hall–Kier alpha value is -0.770. The Kier molecular flexibility index (Phi) is 5.29. The fraction of sp³-hybridized carbons (Fsp3) is 0.467. The molecule has 2 nitrogen and oxygen atoms in total. The molecule has 1 aromatic rings. The minimum atomic E-state index is 0.509. The molecule has 1 saturated heterocycles. The number of hydrogen-bond donors (Lipinski definition) is 1. The van der Waals surface area contributed by atoms with Crippen molar-refractivity contribution < 1.29 is 0 Å². The molecule has 0 N–H and O–H groups in total. The van der Waals surface area contributed by atoms with Crippen molar-refractivity contribution in [1.82, 2.24) is 9.80 Å². The van der Waals surface area contributed by atoms with Gasteiger partial charge in [0.1, 0.15) is 0 Å². The van der Waals surface area contributed by atoms with Gasteiger partial charge in [-0.05, 0) is 12.6 Å². The van der Waals surface area contributed by atoms with Gasteiger partial charge in [0.15, 0.2) is 0 Å². The van der Waals surface area contributed by atoms with Gasteiger partial charge in [-0.2, -0.15) is 12.6 Å². The van der Waals surface area contributed by atoms with Gasteiger partial charge >= 0.3 is 0 Å². The van der Waals surface area contributed by atoms with Gasteiger partial charge in [0.2, 0.25) is 0 Å². The van der Waals surface area contributed by atoms with Crippen LogP contribution in [-0.2, 0) is 0 Å². The number of piperazine rings is 1. The minimum Gasteiger partial charge on any atom is -0.303 e. The maximum atomic E-state index is 4.21. The molecule has 18 heavy (non-hydrogen) atoms. The molecule has 0 bridgehead atoms. The highest BCUT2D eigenvalue weighted by atomic mass is 32.1. The van der Waals surface area contributed by atoms with E-state index in [-0.39, 0.29) is 0 Å². The molecule has 0 aromatic heterocycles. The Morgan fingerprint density at radius 1 is 1.22 bits per heavy atom. The molecular formula is C15H22N2S. The third-order valence-electron chi connectivity index (χ3n) is 3.49. The Morgan fingerprint density at radius 2 is 2.00 bits per heavy atom. The first kappa shape index (κ1) is 13.7. The standard InChI is InChI=1S/C15H22N2S/c1-16-10-11-17(9-5-6-12-18)15(13-16)14-7-3-2-4-8-14/h2-8,15,18H,9-13H2,1H3. The van der Waals surface area contributed by atoms with E-state index < -0.39 is 0 Å². The van der Waals surface area contributed by atoms with Crippen LogP contribution >= 0.6 is 12.6 Å². The van der Waals surface area contributed by atoms with Crippen LogP contribution in [0.2, 0.25) is 0 Å². The van der Waals surface area contributed by atoms with Crippen molar-refractivity contribution in [2.45, 2.75) is 6.04 Å². The van der Waals surface area contributed by atoms with Crippen LogP contribution in [0.1, 0.15) is 11.6 Å². The van der Waals surface area contributed by atoms with Gasteiger partial charge in [0.25, 0.3) is 0 Å². The normalized spacial score (nSPS) is 22.7. The molecule has 1 aliphatic rings. The number of rotatable bonds is 4. The third kappa shape index (κ3) is 3.61. The average Bonchev–Trinajstić information content (AvgIpc) is 2.41. The summed E-state index contributed by atoms with van der Waals surface area (Å²) in [6.45, 7) is 4.41. The summed E-state index contributed by atoms with van der Waals surface area (Å²) in [6.07, 6.45) is 4.36. The largest absolute Gasteiger partial charge is 0.303 e. The van der Waals surface area contributed by atoms with Crippen LogP contribution in [0, 0.1) is 0 Å². The zero-order valence-electron chi connectivity index (χ0n) is 11.0. The summed E-state index contributed by atoms with van der Waals surface area (Å²) >= 11 is 4.21. The SMILES string of the molecule is CN1CCN(CC=CCS)C(c2ccccc2)C1. The van der Waals surface area contributed by atoms with E-state index in [0.29, 0.717) is 6.04 Å². The van der Waals surface area contributed by atoms with E-state index in [1.165, 1.54) is 5.56 Å². The monoisotopic (exact) mass is 262 g/mol. The maximum Gasteiger partial charge on any atom is 0.0478 e. The van der Waals surface area contributed by atoms with Crippen LogP contribution in [0.3, 0.4) is 0 Å². The molecule has 1 aromatic carbocycles. The molecular weight excluding hydrogens is 240 g/mol. The van der Waals surface area contributed by atoms with Crippen molar-refractivity contribution in [3.05, 3.63) is 48.0 Å². The summed E-state index contributed by atoms with van der Waals surface area (Å²) in [5.74, 6) is 0.823. The lowest BCUT2D eigenvalue weighted by Crippen LogP contribution is -2.46. The fourth-order valence-electron chi connectivity index (χ4n) is 2.45. The predicted molar refractivity (Wildman–Crippen MR) is 81.2 cm³/mol. The molecule has 0 amide bonds. The molecule has 1 unspecified atom stereocenters. The number of likely N-dealkylation sites (N-methyl/N-ethyl adjacent to an activating group) is 1. The van der Waals surface area contributed by atoms with Crippen LogP contribution in [0.4, 0.5) is 0 Å². The zero-order chi connectivity index (χ0) is 12.8. The van der Waals surface area contributed by atoms with Crippen molar-refractivity contribution in [3.63, 3.8) is 0 Å². The van der Waals surface area contributed by atoms with E-state index in [1.807, 2.05) is 0 Å². The van der Waals surface area contributed by atoms with E-state index >= 15 is 0 Å². The molecule has 1 heterocycles. The van der Waals surface area contributed by atoms with Crippen LogP contribution in [-0.4, -0.2) is 48.8 Å².